The van der Waals surface area contributed by atoms with Crippen molar-refractivity contribution >= 4 is 29.9 Å². The van der Waals surface area contributed by atoms with Crippen LogP contribution in [0.2, 0.25) is 0 Å². The van der Waals surface area contributed by atoms with Crippen molar-refractivity contribution in [2.75, 3.05) is 39.3 Å². The first kappa shape index (κ1) is 22.2. The van der Waals surface area contributed by atoms with Gasteiger partial charge >= 0.3 is 0 Å². The second-order valence-electron chi connectivity index (χ2n) is 4.77. The number of unbranched alkanes of at least 4 members (excludes halogenated alkanes) is 2. The summed E-state index contributed by atoms with van der Waals surface area (Å²) in [5.41, 5.74) is 0. The predicted molar refractivity (Wildman–Crippen MR) is 101 cm³/mol. The minimum Gasteiger partial charge on any atom is -0.357 e. The van der Waals surface area contributed by atoms with E-state index in [4.69, 9.17) is 0 Å². The van der Waals surface area contributed by atoms with Crippen LogP contribution in [0.1, 0.15) is 53.4 Å². The molecule has 0 aromatic heterocycles. The maximum Gasteiger partial charge on any atom is 0.191 e. The lowest BCUT2D eigenvalue weighted by molar-refractivity contribution is 0.297. The molecule has 0 aliphatic rings. The molecule has 0 aliphatic heterocycles. The second kappa shape index (κ2) is 17.0. The van der Waals surface area contributed by atoms with Gasteiger partial charge in [0.15, 0.2) is 5.96 Å². The normalized spacial score (nSPS) is 11.3. The van der Waals surface area contributed by atoms with Crippen molar-refractivity contribution in [3.8, 4) is 0 Å². The van der Waals surface area contributed by atoms with Gasteiger partial charge < -0.3 is 15.5 Å². The number of aliphatic imine (C=N–C) groups is 1. The third kappa shape index (κ3) is 13.0. The average molecular weight is 398 g/mol. The summed E-state index contributed by atoms with van der Waals surface area (Å²) >= 11 is 0. The van der Waals surface area contributed by atoms with Crippen molar-refractivity contribution in [3.63, 3.8) is 0 Å². The Morgan fingerprint density at radius 1 is 0.950 bits per heavy atom. The van der Waals surface area contributed by atoms with Crippen molar-refractivity contribution in [1.29, 1.82) is 0 Å². The van der Waals surface area contributed by atoms with Gasteiger partial charge in [0.2, 0.25) is 0 Å². The van der Waals surface area contributed by atoms with Gasteiger partial charge in [-0.2, -0.15) is 0 Å². The van der Waals surface area contributed by atoms with Crippen LogP contribution < -0.4 is 10.6 Å². The Morgan fingerprint density at radius 3 is 2.20 bits per heavy atom. The summed E-state index contributed by atoms with van der Waals surface area (Å²) in [6, 6.07) is 0. The Labute approximate surface area is 143 Å². The van der Waals surface area contributed by atoms with Gasteiger partial charge in [-0.15, -0.1) is 24.0 Å². The Balaban J connectivity index is 0. The van der Waals surface area contributed by atoms with E-state index < -0.39 is 0 Å². The molecule has 0 saturated heterocycles. The standard InChI is InChI=1S/C15H34N4.HI/c1-5-9-12-17-15(16-6-2)18-13-10-11-14-19(7-3)8-4;/h5-14H2,1-4H3,(H2,16,17,18);1H. The van der Waals surface area contributed by atoms with Crippen LogP contribution in [0.3, 0.4) is 0 Å². The zero-order valence-electron chi connectivity index (χ0n) is 13.9. The Hall–Kier alpha value is -0.0400. The highest BCUT2D eigenvalue weighted by molar-refractivity contribution is 14.0. The first-order valence-electron chi connectivity index (χ1n) is 8.02. The Morgan fingerprint density at radius 2 is 1.65 bits per heavy atom. The summed E-state index contributed by atoms with van der Waals surface area (Å²) in [5, 5.41) is 6.66. The number of nitrogens with zero attached hydrogens (tertiary/aromatic N) is 2. The lowest BCUT2D eigenvalue weighted by Gasteiger charge is -2.17. The quantitative estimate of drug-likeness (QED) is 0.243. The molecule has 20 heavy (non-hydrogen) atoms. The maximum absolute atomic E-state index is 4.61. The lowest BCUT2D eigenvalue weighted by Crippen LogP contribution is -2.37. The van der Waals surface area contributed by atoms with E-state index in [1.54, 1.807) is 0 Å². The van der Waals surface area contributed by atoms with Crippen molar-refractivity contribution in [2.24, 2.45) is 4.99 Å². The molecule has 0 bridgehead atoms. The molecule has 5 heteroatoms. The summed E-state index contributed by atoms with van der Waals surface area (Å²) < 4.78 is 0. The van der Waals surface area contributed by atoms with E-state index in [-0.39, 0.29) is 24.0 Å². The van der Waals surface area contributed by atoms with E-state index in [1.165, 1.54) is 32.2 Å². The monoisotopic (exact) mass is 398 g/mol. The van der Waals surface area contributed by atoms with Gasteiger partial charge in [-0.1, -0.05) is 27.2 Å². The fourth-order valence-electron chi connectivity index (χ4n) is 1.90. The zero-order chi connectivity index (χ0) is 14.3. The van der Waals surface area contributed by atoms with Crippen LogP contribution in [-0.2, 0) is 0 Å². The van der Waals surface area contributed by atoms with Crippen LogP contribution in [0.25, 0.3) is 0 Å². The van der Waals surface area contributed by atoms with Crippen molar-refractivity contribution in [3.05, 3.63) is 0 Å². The van der Waals surface area contributed by atoms with Gasteiger partial charge in [-0.3, -0.25) is 4.99 Å². The minimum absolute atomic E-state index is 0. The third-order valence-electron chi connectivity index (χ3n) is 3.21. The minimum atomic E-state index is 0. The van der Waals surface area contributed by atoms with Crippen LogP contribution in [0.4, 0.5) is 0 Å². The van der Waals surface area contributed by atoms with Gasteiger partial charge in [0.1, 0.15) is 0 Å². The molecule has 0 aromatic rings. The van der Waals surface area contributed by atoms with E-state index in [0.29, 0.717) is 0 Å². The molecule has 0 saturated carbocycles. The fourth-order valence-corrected chi connectivity index (χ4v) is 1.90. The van der Waals surface area contributed by atoms with E-state index in [9.17, 15) is 0 Å². The molecule has 122 valence electrons. The van der Waals surface area contributed by atoms with E-state index >= 15 is 0 Å². The van der Waals surface area contributed by atoms with Crippen LogP contribution in [0.5, 0.6) is 0 Å². The molecule has 2 N–H and O–H groups in total. The summed E-state index contributed by atoms with van der Waals surface area (Å²) in [5.74, 6) is 0.971. The van der Waals surface area contributed by atoms with E-state index in [1.807, 2.05) is 0 Å². The first-order valence-corrected chi connectivity index (χ1v) is 8.02. The molecule has 0 unspecified atom stereocenters. The predicted octanol–water partition coefficient (Wildman–Crippen LogP) is 3.08. The molecular formula is C15H35IN4. The number of hydrogen-bond donors (Lipinski definition) is 2. The molecule has 0 radical (unpaired) electrons. The lowest BCUT2D eigenvalue weighted by atomic mass is 10.3. The largest absolute Gasteiger partial charge is 0.357 e. The third-order valence-corrected chi connectivity index (χ3v) is 3.21. The molecule has 0 amide bonds. The first-order chi connectivity index (χ1) is 9.28. The smallest absolute Gasteiger partial charge is 0.191 e. The van der Waals surface area contributed by atoms with Gasteiger partial charge in [-0.05, 0) is 45.8 Å². The molecule has 4 nitrogen and oxygen atoms in total. The van der Waals surface area contributed by atoms with Crippen molar-refractivity contribution < 1.29 is 0 Å². The summed E-state index contributed by atoms with van der Waals surface area (Å²) in [7, 11) is 0. The number of nitrogens with one attached hydrogen (secondary N) is 2. The average Bonchev–Trinajstić information content (AvgIpc) is 2.43. The van der Waals surface area contributed by atoms with E-state index in [0.717, 1.165) is 38.7 Å². The maximum atomic E-state index is 4.61. The molecule has 0 rings (SSSR count). The van der Waals surface area contributed by atoms with Gasteiger partial charge in [0, 0.05) is 19.6 Å². The Bertz CT molecular complexity index is 218. The van der Waals surface area contributed by atoms with Crippen LogP contribution in [0, 0.1) is 0 Å². The fraction of sp³-hybridized carbons (Fsp3) is 0.933. The molecule has 0 heterocycles. The van der Waals surface area contributed by atoms with Crippen LogP contribution >= 0.6 is 24.0 Å². The number of hydrogen-bond acceptors (Lipinski definition) is 2. The molecule has 0 fully saturated rings. The second-order valence-corrected chi connectivity index (χ2v) is 4.77. The number of rotatable bonds is 11. The number of halogens is 1. The summed E-state index contributed by atoms with van der Waals surface area (Å²) in [6.45, 7) is 15.1. The summed E-state index contributed by atoms with van der Waals surface area (Å²) in [4.78, 5) is 7.08. The zero-order valence-corrected chi connectivity index (χ0v) is 16.2. The Kier molecular flexibility index (Phi) is 18.9. The number of guanidine groups is 1. The highest BCUT2D eigenvalue weighted by atomic mass is 127. The van der Waals surface area contributed by atoms with Crippen LogP contribution in [-0.4, -0.2) is 50.1 Å². The van der Waals surface area contributed by atoms with Gasteiger partial charge in [0.25, 0.3) is 0 Å². The topological polar surface area (TPSA) is 39.7 Å². The molecule has 0 aromatic carbocycles. The molecular weight excluding hydrogens is 363 g/mol. The van der Waals surface area contributed by atoms with Crippen molar-refractivity contribution in [1.82, 2.24) is 15.5 Å². The van der Waals surface area contributed by atoms with Gasteiger partial charge in [-0.25, -0.2) is 0 Å². The molecule has 0 spiro atoms. The highest BCUT2D eigenvalue weighted by Gasteiger charge is 1.98. The SMILES string of the molecule is CCCCNC(=NCCCCN(CC)CC)NCC.I. The van der Waals surface area contributed by atoms with Crippen molar-refractivity contribution in [2.45, 2.75) is 53.4 Å². The van der Waals surface area contributed by atoms with E-state index in [2.05, 4.69) is 48.2 Å². The molecule has 0 aliphatic carbocycles. The highest BCUT2D eigenvalue weighted by Crippen LogP contribution is 1.95. The molecule has 0 atom stereocenters. The van der Waals surface area contributed by atoms with Gasteiger partial charge in [0.05, 0.1) is 0 Å². The van der Waals surface area contributed by atoms with Crippen LogP contribution in [0.15, 0.2) is 4.99 Å². The summed E-state index contributed by atoms with van der Waals surface area (Å²) in [6.07, 6.45) is 4.82.